The number of rotatable bonds is 1. The van der Waals surface area contributed by atoms with E-state index in [1.54, 1.807) is 14.1 Å². The van der Waals surface area contributed by atoms with E-state index in [4.69, 9.17) is 11.6 Å². The Labute approximate surface area is 89.4 Å². The Hall–Kier alpha value is -0.960. The molecule has 0 spiro atoms. The zero-order valence-corrected chi connectivity index (χ0v) is 9.43. The summed E-state index contributed by atoms with van der Waals surface area (Å²) in [6.07, 6.45) is 6.29. The molecule has 1 N–H and O–H groups in total. The van der Waals surface area contributed by atoms with Gasteiger partial charge in [-0.05, 0) is 13.0 Å². The van der Waals surface area contributed by atoms with E-state index in [1.165, 1.54) is 4.90 Å². The second-order valence-electron chi connectivity index (χ2n) is 3.83. The van der Waals surface area contributed by atoms with Crippen LogP contribution in [0.2, 0.25) is 0 Å². The average Bonchev–Trinajstić information content (AvgIpc) is 2.01. The third-order valence-corrected chi connectivity index (χ3v) is 2.21. The highest BCUT2D eigenvalue weighted by Gasteiger charge is 2.22. The van der Waals surface area contributed by atoms with Crippen molar-refractivity contribution in [3.63, 3.8) is 0 Å². The van der Waals surface area contributed by atoms with Crippen molar-refractivity contribution in [1.29, 1.82) is 0 Å². The lowest BCUT2D eigenvalue weighted by Crippen LogP contribution is -2.36. The molecule has 1 unspecified atom stereocenters. The van der Waals surface area contributed by atoms with Crippen LogP contribution < -0.4 is 5.32 Å². The van der Waals surface area contributed by atoms with Crippen molar-refractivity contribution >= 4 is 17.6 Å². The third kappa shape index (κ3) is 3.07. The highest BCUT2D eigenvalue weighted by atomic mass is 35.5. The predicted octanol–water partition coefficient (Wildman–Crippen LogP) is 2.10. The van der Waals surface area contributed by atoms with Crippen molar-refractivity contribution in [3.05, 3.63) is 23.9 Å². The summed E-state index contributed by atoms with van der Waals surface area (Å²) in [7, 11) is 3.41. The molecule has 1 rings (SSSR count). The second kappa shape index (κ2) is 4.05. The molecular formula is C10H15ClN2O. The number of nitrogens with zero attached hydrogens (tertiary/aromatic N) is 1. The fourth-order valence-electron chi connectivity index (χ4n) is 1.19. The minimum atomic E-state index is -0.385. The first kappa shape index (κ1) is 11.1. The van der Waals surface area contributed by atoms with Crippen LogP contribution in [0.4, 0.5) is 4.79 Å². The number of alkyl halides is 1. The number of hydrogen-bond donors (Lipinski definition) is 1. The van der Waals surface area contributed by atoms with Crippen molar-refractivity contribution < 1.29 is 4.79 Å². The quantitative estimate of drug-likeness (QED) is 0.667. The van der Waals surface area contributed by atoms with Gasteiger partial charge in [0.25, 0.3) is 0 Å². The topological polar surface area (TPSA) is 32.3 Å². The highest BCUT2D eigenvalue weighted by molar-refractivity contribution is 6.25. The number of carbonyl (C=O) groups excluding carboxylic acids is 1. The maximum absolute atomic E-state index is 11.3. The van der Waals surface area contributed by atoms with Crippen molar-refractivity contribution in [2.24, 2.45) is 0 Å². The molecule has 0 aliphatic heterocycles. The normalized spacial score (nSPS) is 25.6. The Morgan fingerprint density at radius 3 is 2.79 bits per heavy atom. The molecule has 2 amide bonds. The highest BCUT2D eigenvalue weighted by Crippen LogP contribution is 2.27. The zero-order valence-electron chi connectivity index (χ0n) is 8.67. The van der Waals surface area contributed by atoms with Crippen molar-refractivity contribution in [3.8, 4) is 0 Å². The average molecular weight is 215 g/mol. The van der Waals surface area contributed by atoms with Crippen molar-refractivity contribution in [1.82, 2.24) is 10.2 Å². The first-order chi connectivity index (χ1) is 6.41. The molecule has 0 fully saturated rings. The van der Waals surface area contributed by atoms with Gasteiger partial charge in [0.2, 0.25) is 0 Å². The van der Waals surface area contributed by atoms with Crippen LogP contribution >= 0.6 is 11.6 Å². The molecule has 0 aromatic rings. The van der Waals surface area contributed by atoms with Gasteiger partial charge in [-0.3, -0.25) is 0 Å². The maximum Gasteiger partial charge on any atom is 0.321 e. The van der Waals surface area contributed by atoms with Gasteiger partial charge in [-0.25, -0.2) is 4.79 Å². The SMILES string of the molecule is CN(C)C(=O)NC1=CC=CC(C)(Cl)C1. The van der Waals surface area contributed by atoms with E-state index in [-0.39, 0.29) is 10.9 Å². The lowest BCUT2D eigenvalue weighted by Gasteiger charge is -2.24. The molecule has 0 bridgehead atoms. The fraction of sp³-hybridized carbons (Fsp3) is 0.500. The summed E-state index contributed by atoms with van der Waals surface area (Å²) in [4.78, 5) is 12.4. The van der Waals surface area contributed by atoms with Gasteiger partial charge >= 0.3 is 6.03 Å². The van der Waals surface area contributed by atoms with Gasteiger partial charge in [0.05, 0.1) is 4.87 Å². The molecular weight excluding hydrogens is 200 g/mol. The molecule has 0 radical (unpaired) electrons. The van der Waals surface area contributed by atoms with Gasteiger partial charge < -0.3 is 10.2 Å². The Kier molecular flexibility index (Phi) is 3.21. The Morgan fingerprint density at radius 1 is 1.64 bits per heavy atom. The molecule has 4 heteroatoms. The third-order valence-electron chi connectivity index (χ3n) is 1.95. The summed E-state index contributed by atoms with van der Waals surface area (Å²) in [6.45, 7) is 1.92. The van der Waals surface area contributed by atoms with Crippen molar-refractivity contribution in [2.75, 3.05) is 14.1 Å². The van der Waals surface area contributed by atoms with Crippen LogP contribution in [0.15, 0.2) is 23.9 Å². The largest absolute Gasteiger partial charge is 0.331 e. The molecule has 78 valence electrons. The second-order valence-corrected chi connectivity index (χ2v) is 4.69. The standard InChI is InChI=1S/C10H15ClN2O/c1-10(11)6-4-5-8(7-10)12-9(14)13(2)3/h4-6H,7H2,1-3H3,(H,12,14). The van der Waals surface area contributed by atoms with Crippen LogP contribution in [0.1, 0.15) is 13.3 Å². The van der Waals surface area contributed by atoms with Crippen LogP contribution in [-0.4, -0.2) is 29.9 Å². The minimum Gasteiger partial charge on any atom is -0.331 e. The van der Waals surface area contributed by atoms with Crippen LogP contribution in [0.3, 0.4) is 0 Å². The van der Waals surface area contributed by atoms with Crippen LogP contribution in [-0.2, 0) is 0 Å². The molecule has 0 saturated heterocycles. The lowest BCUT2D eigenvalue weighted by molar-refractivity contribution is 0.219. The Bertz CT molecular complexity index is 292. The number of nitrogens with one attached hydrogen (secondary N) is 1. The number of urea groups is 1. The molecule has 1 aliphatic carbocycles. The molecule has 0 saturated carbocycles. The molecule has 1 atom stereocenters. The molecule has 3 nitrogen and oxygen atoms in total. The van der Waals surface area contributed by atoms with E-state index in [1.807, 2.05) is 25.2 Å². The van der Waals surface area contributed by atoms with Gasteiger partial charge in [-0.1, -0.05) is 12.2 Å². The number of allylic oxidation sites excluding steroid dienone is 4. The van der Waals surface area contributed by atoms with E-state index in [0.717, 1.165) is 5.70 Å². The summed E-state index contributed by atoms with van der Waals surface area (Å²) < 4.78 is 0. The smallest absolute Gasteiger partial charge is 0.321 e. The lowest BCUT2D eigenvalue weighted by atomic mass is 9.99. The summed E-state index contributed by atoms with van der Waals surface area (Å²) in [5, 5.41) is 2.79. The summed E-state index contributed by atoms with van der Waals surface area (Å²) in [5.41, 5.74) is 0.851. The van der Waals surface area contributed by atoms with E-state index in [2.05, 4.69) is 5.32 Å². The van der Waals surface area contributed by atoms with Crippen molar-refractivity contribution in [2.45, 2.75) is 18.2 Å². The first-order valence-electron chi connectivity index (χ1n) is 4.46. The molecule has 14 heavy (non-hydrogen) atoms. The fourth-order valence-corrected chi connectivity index (χ4v) is 1.41. The van der Waals surface area contributed by atoms with Crippen LogP contribution in [0.5, 0.6) is 0 Å². The first-order valence-corrected chi connectivity index (χ1v) is 4.84. The Morgan fingerprint density at radius 2 is 2.29 bits per heavy atom. The predicted molar refractivity (Wildman–Crippen MR) is 58.3 cm³/mol. The summed E-state index contributed by atoms with van der Waals surface area (Å²) in [5.74, 6) is 0. The van der Waals surface area contributed by atoms with Gasteiger partial charge in [-0.15, -0.1) is 11.6 Å². The number of hydrogen-bond acceptors (Lipinski definition) is 1. The number of amides is 2. The van der Waals surface area contributed by atoms with Gasteiger partial charge in [0.15, 0.2) is 0 Å². The van der Waals surface area contributed by atoms with Gasteiger partial charge in [-0.2, -0.15) is 0 Å². The number of halogens is 1. The van der Waals surface area contributed by atoms with Crippen LogP contribution in [0.25, 0.3) is 0 Å². The molecule has 0 heterocycles. The number of carbonyl (C=O) groups is 1. The Balaban J connectivity index is 2.59. The van der Waals surface area contributed by atoms with E-state index in [9.17, 15) is 4.79 Å². The maximum atomic E-state index is 11.3. The van der Waals surface area contributed by atoms with E-state index >= 15 is 0 Å². The summed E-state index contributed by atoms with van der Waals surface area (Å²) >= 11 is 6.14. The molecule has 0 aromatic carbocycles. The minimum absolute atomic E-state index is 0.126. The van der Waals surface area contributed by atoms with Crippen LogP contribution in [0, 0.1) is 0 Å². The van der Waals surface area contributed by atoms with Gasteiger partial charge in [0, 0.05) is 26.2 Å². The van der Waals surface area contributed by atoms with E-state index in [0.29, 0.717) is 6.42 Å². The molecule has 0 aromatic heterocycles. The van der Waals surface area contributed by atoms with Gasteiger partial charge in [0.1, 0.15) is 0 Å². The van der Waals surface area contributed by atoms with E-state index < -0.39 is 0 Å². The summed E-state index contributed by atoms with van der Waals surface area (Å²) in [6, 6.07) is -0.126. The monoisotopic (exact) mass is 214 g/mol. The molecule has 1 aliphatic rings. The zero-order chi connectivity index (χ0) is 10.8.